The lowest BCUT2D eigenvalue weighted by molar-refractivity contribution is 0.174. The standard InChI is InChI=1S/C25H31F2N3O2/c1-15-8-19(29-18-4-7-30(13-18)6-3-5-26)11-21(27)24(15)25-20-12-23-22(31-14-32-23)10-17(20)9-16(2)28-25/h8,10-12,16,18,25,28-29H,3-7,9,13-14H2,1-2H3/t16-,18+,25+/m1/s1. The Kier molecular flexibility index (Phi) is 5.95. The van der Waals surface area contributed by atoms with Crippen LogP contribution in [0.1, 0.15) is 48.1 Å². The minimum Gasteiger partial charge on any atom is -0.454 e. The van der Waals surface area contributed by atoms with Crippen LogP contribution in [0.25, 0.3) is 0 Å². The zero-order valence-corrected chi connectivity index (χ0v) is 18.7. The molecule has 1 saturated heterocycles. The lowest BCUT2D eigenvalue weighted by atomic mass is 9.85. The minimum atomic E-state index is -0.278. The summed E-state index contributed by atoms with van der Waals surface area (Å²) in [6.07, 6.45) is 2.42. The van der Waals surface area contributed by atoms with Crippen LogP contribution < -0.4 is 20.1 Å². The van der Waals surface area contributed by atoms with E-state index in [-0.39, 0.29) is 37.4 Å². The molecule has 0 spiro atoms. The fraction of sp³-hybridized carbons (Fsp3) is 0.520. The zero-order valence-electron chi connectivity index (χ0n) is 18.7. The molecule has 0 aliphatic carbocycles. The van der Waals surface area contributed by atoms with Gasteiger partial charge in [-0.05, 0) is 74.1 Å². The molecule has 0 amide bonds. The van der Waals surface area contributed by atoms with Gasteiger partial charge in [0.2, 0.25) is 6.79 Å². The van der Waals surface area contributed by atoms with Gasteiger partial charge in [0.1, 0.15) is 5.82 Å². The van der Waals surface area contributed by atoms with Gasteiger partial charge in [0.25, 0.3) is 0 Å². The van der Waals surface area contributed by atoms with Gasteiger partial charge in [-0.2, -0.15) is 0 Å². The van der Waals surface area contributed by atoms with Crippen LogP contribution in [-0.2, 0) is 6.42 Å². The van der Waals surface area contributed by atoms with Crippen LogP contribution in [0.3, 0.4) is 0 Å². The fourth-order valence-corrected chi connectivity index (χ4v) is 5.32. The Hall–Kier alpha value is -2.38. The molecule has 0 unspecified atom stereocenters. The maximum absolute atomic E-state index is 15.5. The van der Waals surface area contributed by atoms with E-state index in [2.05, 4.69) is 22.5 Å². The number of rotatable bonds is 6. The van der Waals surface area contributed by atoms with Gasteiger partial charge in [-0.15, -0.1) is 0 Å². The van der Waals surface area contributed by atoms with Crippen molar-refractivity contribution in [3.8, 4) is 11.5 Å². The van der Waals surface area contributed by atoms with Crippen LogP contribution >= 0.6 is 0 Å². The molecular formula is C25H31F2N3O2. The molecule has 3 atom stereocenters. The fourth-order valence-electron chi connectivity index (χ4n) is 5.32. The van der Waals surface area contributed by atoms with Crippen LogP contribution in [0.4, 0.5) is 14.5 Å². The number of hydrogen-bond donors (Lipinski definition) is 2. The second-order valence-corrected chi connectivity index (χ2v) is 9.27. The number of alkyl halides is 1. The lowest BCUT2D eigenvalue weighted by Crippen LogP contribution is -2.38. The molecule has 1 fully saturated rings. The number of likely N-dealkylation sites (tertiary alicyclic amines) is 1. The summed E-state index contributed by atoms with van der Waals surface area (Å²) in [5.41, 5.74) is 4.62. The summed E-state index contributed by atoms with van der Waals surface area (Å²) in [6, 6.07) is 7.93. The quantitative estimate of drug-likeness (QED) is 0.696. The van der Waals surface area contributed by atoms with Gasteiger partial charge in [-0.1, -0.05) is 0 Å². The zero-order chi connectivity index (χ0) is 22.2. The second-order valence-electron chi connectivity index (χ2n) is 9.27. The predicted octanol–water partition coefficient (Wildman–Crippen LogP) is 4.33. The van der Waals surface area contributed by atoms with E-state index in [4.69, 9.17) is 9.47 Å². The van der Waals surface area contributed by atoms with E-state index in [1.54, 1.807) is 6.07 Å². The number of ether oxygens (including phenoxy) is 2. The van der Waals surface area contributed by atoms with E-state index in [0.717, 1.165) is 60.8 Å². The van der Waals surface area contributed by atoms with Crippen molar-refractivity contribution in [3.63, 3.8) is 0 Å². The average Bonchev–Trinajstić information content (AvgIpc) is 3.39. The third-order valence-electron chi connectivity index (χ3n) is 6.80. The first-order valence-corrected chi connectivity index (χ1v) is 11.5. The first kappa shape index (κ1) is 21.5. The Morgan fingerprint density at radius 3 is 2.78 bits per heavy atom. The molecule has 0 saturated carbocycles. The highest BCUT2D eigenvalue weighted by atomic mass is 19.1. The maximum atomic E-state index is 15.5. The summed E-state index contributed by atoms with van der Waals surface area (Å²) in [5, 5.41) is 7.07. The Labute approximate surface area is 188 Å². The van der Waals surface area contributed by atoms with Crippen LogP contribution in [-0.4, -0.2) is 50.1 Å². The molecule has 3 aliphatic rings. The van der Waals surface area contributed by atoms with Crippen molar-refractivity contribution in [2.45, 2.75) is 51.2 Å². The maximum Gasteiger partial charge on any atom is 0.231 e. The molecule has 0 bridgehead atoms. The summed E-state index contributed by atoms with van der Waals surface area (Å²) in [4.78, 5) is 2.27. The molecule has 172 valence electrons. The Morgan fingerprint density at radius 1 is 1.19 bits per heavy atom. The number of benzene rings is 2. The third-order valence-corrected chi connectivity index (χ3v) is 6.80. The number of aryl methyl sites for hydroxylation is 1. The average molecular weight is 444 g/mol. The normalized spacial score (nSPS) is 24.6. The van der Waals surface area contributed by atoms with E-state index >= 15 is 4.39 Å². The van der Waals surface area contributed by atoms with Gasteiger partial charge in [0.05, 0.1) is 12.7 Å². The summed E-state index contributed by atoms with van der Waals surface area (Å²) in [6.45, 7) is 6.65. The minimum absolute atomic E-state index is 0.213. The number of fused-ring (bicyclic) bond motifs is 2. The molecule has 3 heterocycles. The Balaban J connectivity index is 1.39. The molecule has 7 heteroatoms. The molecule has 3 aliphatic heterocycles. The van der Waals surface area contributed by atoms with E-state index in [1.165, 1.54) is 5.56 Å². The van der Waals surface area contributed by atoms with Crippen molar-refractivity contribution in [2.24, 2.45) is 0 Å². The van der Waals surface area contributed by atoms with E-state index in [9.17, 15) is 4.39 Å². The van der Waals surface area contributed by atoms with Crippen molar-refractivity contribution in [1.29, 1.82) is 0 Å². The summed E-state index contributed by atoms with van der Waals surface area (Å²) >= 11 is 0. The van der Waals surface area contributed by atoms with Crippen LogP contribution in [0.5, 0.6) is 11.5 Å². The number of anilines is 1. The Morgan fingerprint density at radius 2 is 2.00 bits per heavy atom. The topological polar surface area (TPSA) is 45.8 Å². The number of halogens is 2. The monoisotopic (exact) mass is 443 g/mol. The highest BCUT2D eigenvalue weighted by Gasteiger charge is 2.31. The van der Waals surface area contributed by atoms with Crippen molar-refractivity contribution < 1.29 is 18.3 Å². The van der Waals surface area contributed by atoms with E-state index in [0.29, 0.717) is 12.0 Å². The molecule has 5 rings (SSSR count). The highest BCUT2D eigenvalue weighted by molar-refractivity contribution is 5.56. The van der Waals surface area contributed by atoms with Crippen LogP contribution in [0.15, 0.2) is 24.3 Å². The number of hydrogen-bond acceptors (Lipinski definition) is 5. The van der Waals surface area contributed by atoms with Crippen LogP contribution in [0.2, 0.25) is 0 Å². The van der Waals surface area contributed by atoms with Crippen LogP contribution in [0, 0.1) is 12.7 Å². The van der Waals surface area contributed by atoms with Gasteiger partial charge in [0.15, 0.2) is 11.5 Å². The summed E-state index contributed by atoms with van der Waals surface area (Å²) in [5.74, 6) is 1.28. The largest absolute Gasteiger partial charge is 0.454 e. The van der Waals surface area contributed by atoms with Crippen molar-refractivity contribution in [2.75, 3.05) is 38.4 Å². The van der Waals surface area contributed by atoms with E-state index < -0.39 is 0 Å². The van der Waals surface area contributed by atoms with Gasteiger partial charge < -0.3 is 25.0 Å². The molecule has 2 N–H and O–H groups in total. The van der Waals surface area contributed by atoms with E-state index in [1.807, 2.05) is 25.1 Å². The highest BCUT2D eigenvalue weighted by Crippen LogP contribution is 2.42. The lowest BCUT2D eigenvalue weighted by Gasteiger charge is -2.33. The first-order chi connectivity index (χ1) is 15.5. The summed E-state index contributed by atoms with van der Waals surface area (Å²) in [7, 11) is 0. The summed E-state index contributed by atoms with van der Waals surface area (Å²) < 4.78 is 39.1. The molecule has 0 radical (unpaired) electrons. The molecular weight excluding hydrogens is 412 g/mol. The number of nitrogens with zero attached hydrogens (tertiary/aromatic N) is 1. The predicted molar refractivity (Wildman–Crippen MR) is 121 cm³/mol. The molecule has 32 heavy (non-hydrogen) atoms. The smallest absolute Gasteiger partial charge is 0.231 e. The van der Waals surface area contributed by atoms with Gasteiger partial charge >= 0.3 is 0 Å². The second kappa shape index (κ2) is 8.87. The van der Waals surface area contributed by atoms with Crippen molar-refractivity contribution in [1.82, 2.24) is 10.2 Å². The first-order valence-electron chi connectivity index (χ1n) is 11.5. The molecule has 5 nitrogen and oxygen atoms in total. The molecule has 2 aromatic rings. The van der Waals surface area contributed by atoms with Gasteiger partial charge in [-0.25, -0.2) is 4.39 Å². The Bertz CT molecular complexity index is 976. The van der Waals surface area contributed by atoms with Crippen molar-refractivity contribution >= 4 is 5.69 Å². The molecule has 0 aromatic heterocycles. The van der Waals surface area contributed by atoms with Gasteiger partial charge in [0, 0.05) is 43.0 Å². The SMILES string of the molecule is Cc1cc(N[C@H]2CCN(CCCF)C2)cc(F)c1[C@H]1N[C@H](C)Cc2cc3c(cc21)OCO3. The number of nitrogens with one attached hydrogen (secondary N) is 2. The third kappa shape index (κ3) is 4.16. The molecule has 2 aromatic carbocycles. The van der Waals surface area contributed by atoms with Gasteiger partial charge in [-0.3, -0.25) is 4.39 Å². The van der Waals surface area contributed by atoms with Crippen molar-refractivity contribution in [3.05, 3.63) is 52.3 Å².